The second-order valence-electron chi connectivity index (χ2n) is 8.19. The topological polar surface area (TPSA) is 92.2 Å². The molecule has 34 heavy (non-hydrogen) atoms. The fourth-order valence-electron chi connectivity index (χ4n) is 3.76. The second kappa shape index (κ2) is 8.75. The van der Waals surface area contributed by atoms with Crippen LogP contribution in [0.4, 0.5) is 0 Å². The van der Waals surface area contributed by atoms with E-state index in [1.165, 1.54) is 20.5 Å². The molecule has 0 atom stereocenters. The van der Waals surface area contributed by atoms with Gasteiger partial charge in [-0.05, 0) is 74.2 Å². The van der Waals surface area contributed by atoms with Crippen LogP contribution in [0.3, 0.4) is 0 Å². The molecule has 0 saturated carbocycles. The maximum absolute atomic E-state index is 13.4. The second-order valence-corrected chi connectivity index (χ2v) is 9.10. The van der Waals surface area contributed by atoms with Crippen molar-refractivity contribution in [2.24, 2.45) is 0 Å². The maximum Gasteiger partial charge on any atom is 0.336 e. The molecule has 0 aliphatic carbocycles. The molecule has 0 amide bonds. The van der Waals surface area contributed by atoms with E-state index in [1.54, 1.807) is 17.5 Å². The predicted octanol–water partition coefficient (Wildman–Crippen LogP) is 4.41. The van der Waals surface area contributed by atoms with Gasteiger partial charge in [0, 0.05) is 5.56 Å². The van der Waals surface area contributed by atoms with Crippen molar-refractivity contribution in [3.05, 3.63) is 92.3 Å². The predicted molar refractivity (Wildman–Crippen MR) is 131 cm³/mol. The van der Waals surface area contributed by atoms with Crippen molar-refractivity contribution in [2.75, 3.05) is 0 Å². The van der Waals surface area contributed by atoms with E-state index < -0.39 is 5.69 Å². The van der Waals surface area contributed by atoms with Crippen LogP contribution in [0.1, 0.15) is 25.3 Å². The number of nitrogens with zero attached hydrogens (tertiary/aromatic N) is 4. The molecule has 5 aromatic rings. The summed E-state index contributed by atoms with van der Waals surface area (Å²) in [5.74, 6) is 1.43. The highest BCUT2D eigenvalue weighted by atomic mass is 32.1. The Morgan fingerprint density at radius 1 is 1.09 bits per heavy atom. The minimum Gasteiger partial charge on any atom is -0.491 e. The first-order valence-corrected chi connectivity index (χ1v) is 11.7. The average molecular weight is 475 g/mol. The van der Waals surface area contributed by atoms with Crippen LogP contribution in [0, 0.1) is 6.92 Å². The minimum absolute atomic E-state index is 0.0414. The van der Waals surface area contributed by atoms with E-state index in [0.717, 1.165) is 16.9 Å². The fourth-order valence-corrected chi connectivity index (χ4v) is 4.59. The molecule has 0 aliphatic rings. The monoisotopic (exact) mass is 474 g/mol. The van der Waals surface area contributed by atoms with Crippen molar-refractivity contribution in [3.8, 4) is 22.8 Å². The largest absolute Gasteiger partial charge is 0.491 e. The summed E-state index contributed by atoms with van der Waals surface area (Å²) in [5, 5.41) is 5.87. The van der Waals surface area contributed by atoms with Crippen LogP contribution in [0.2, 0.25) is 0 Å². The van der Waals surface area contributed by atoms with Crippen LogP contribution in [0.15, 0.2) is 74.1 Å². The number of benzene rings is 2. The zero-order chi connectivity index (χ0) is 23.8. The summed E-state index contributed by atoms with van der Waals surface area (Å²) in [6.45, 7) is 5.89. The zero-order valence-corrected chi connectivity index (χ0v) is 19.7. The Balaban J connectivity index is 1.53. The minimum atomic E-state index is -0.462. The number of thiophene rings is 1. The van der Waals surface area contributed by atoms with Crippen molar-refractivity contribution >= 4 is 21.6 Å². The van der Waals surface area contributed by atoms with Gasteiger partial charge in [0.15, 0.2) is 0 Å². The third-order valence-electron chi connectivity index (χ3n) is 5.26. The molecule has 0 radical (unpaired) electrons. The molecule has 3 heterocycles. The van der Waals surface area contributed by atoms with E-state index in [2.05, 4.69) is 10.1 Å². The van der Waals surface area contributed by atoms with E-state index in [1.807, 2.05) is 63.2 Å². The number of rotatable bonds is 6. The van der Waals surface area contributed by atoms with E-state index in [4.69, 9.17) is 9.26 Å². The van der Waals surface area contributed by atoms with Gasteiger partial charge in [-0.25, -0.2) is 9.36 Å². The molecule has 0 fully saturated rings. The zero-order valence-electron chi connectivity index (χ0n) is 18.9. The highest BCUT2D eigenvalue weighted by Gasteiger charge is 2.18. The van der Waals surface area contributed by atoms with Gasteiger partial charge < -0.3 is 9.26 Å². The number of hydrogen-bond donors (Lipinski definition) is 0. The van der Waals surface area contributed by atoms with Crippen molar-refractivity contribution in [1.82, 2.24) is 19.3 Å². The third-order valence-corrected chi connectivity index (χ3v) is 6.15. The highest BCUT2D eigenvalue weighted by Crippen LogP contribution is 2.22. The molecule has 0 spiro atoms. The van der Waals surface area contributed by atoms with Gasteiger partial charge in [-0.3, -0.25) is 9.36 Å². The fraction of sp³-hybridized carbons (Fsp3) is 0.200. The van der Waals surface area contributed by atoms with Gasteiger partial charge in [-0.15, -0.1) is 11.3 Å². The first kappa shape index (κ1) is 21.8. The smallest absolute Gasteiger partial charge is 0.336 e. The van der Waals surface area contributed by atoms with Gasteiger partial charge in [0.05, 0.1) is 17.3 Å². The Bertz CT molecular complexity index is 1590. The highest BCUT2D eigenvalue weighted by molar-refractivity contribution is 7.17. The first-order valence-electron chi connectivity index (χ1n) is 10.8. The maximum atomic E-state index is 13.4. The van der Waals surface area contributed by atoms with E-state index >= 15 is 0 Å². The number of fused-ring (bicyclic) bond motifs is 1. The molecular weight excluding hydrogens is 452 g/mol. The molecule has 0 aliphatic heterocycles. The summed E-state index contributed by atoms with van der Waals surface area (Å²) in [6.07, 6.45) is 0.0814. The Hall–Kier alpha value is -3.98. The summed E-state index contributed by atoms with van der Waals surface area (Å²) in [5.41, 5.74) is 1.98. The normalized spacial score (nSPS) is 11.4. The molecule has 0 N–H and O–H groups in total. The molecule has 172 valence electrons. The van der Waals surface area contributed by atoms with Crippen molar-refractivity contribution < 1.29 is 9.26 Å². The van der Waals surface area contributed by atoms with Gasteiger partial charge in [0.2, 0.25) is 11.7 Å². The van der Waals surface area contributed by atoms with Crippen LogP contribution in [0.5, 0.6) is 5.75 Å². The lowest BCUT2D eigenvalue weighted by Crippen LogP contribution is -2.38. The molecule has 3 aromatic heterocycles. The molecule has 0 unspecified atom stereocenters. The molecule has 0 bridgehead atoms. The SMILES string of the molecule is Cc1cccc(-n2c(=O)c3sccc3n(Cc3nc(-c4ccc(OC(C)C)cc4)no3)c2=O)c1. The number of ether oxygens (including phenoxy) is 1. The standard InChI is InChI=1S/C25H22N4O4S/c1-15(2)32-19-9-7-17(8-10-19)23-26-21(33-27-23)14-28-20-11-12-34-22(20)24(30)29(25(28)31)18-6-4-5-16(3)13-18/h4-13,15H,14H2,1-3H3. The number of hydrogen-bond acceptors (Lipinski definition) is 7. The summed E-state index contributed by atoms with van der Waals surface area (Å²) >= 11 is 1.30. The Morgan fingerprint density at radius 3 is 2.62 bits per heavy atom. The first-order chi connectivity index (χ1) is 16.4. The molecule has 8 nitrogen and oxygen atoms in total. The van der Waals surface area contributed by atoms with Crippen LogP contribution in [0.25, 0.3) is 27.3 Å². The molecule has 0 saturated heterocycles. The van der Waals surface area contributed by atoms with E-state index in [0.29, 0.717) is 21.7 Å². The lowest BCUT2D eigenvalue weighted by Gasteiger charge is -2.11. The molecule has 2 aromatic carbocycles. The van der Waals surface area contributed by atoms with E-state index in [9.17, 15) is 9.59 Å². The molecule has 5 rings (SSSR count). The Morgan fingerprint density at radius 2 is 1.88 bits per heavy atom. The third kappa shape index (κ3) is 4.06. The van der Waals surface area contributed by atoms with Gasteiger partial charge in [0.1, 0.15) is 17.0 Å². The number of aryl methyl sites for hydroxylation is 1. The van der Waals surface area contributed by atoms with E-state index in [-0.39, 0.29) is 24.1 Å². The average Bonchev–Trinajstić information content (AvgIpc) is 3.47. The van der Waals surface area contributed by atoms with Crippen molar-refractivity contribution in [2.45, 2.75) is 33.4 Å². The Labute approximate surface area is 198 Å². The lowest BCUT2D eigenvalue weighted by atomic mass is 10.2. The van der Waals surface area contributed by atoms with Crippen LogP contribution >= 0.6 is 11.3 Å². The van der Waals surface area contributed by atoms with Gasteiger partial charge >= 0.3 is 5.69 Å². The molecule has 9 heteroatoms. The van der Waals surface area contributed by atoms with Crippen molar-refractivity contribution in [1.29, 1.82) is 0 Å². The summed E-state index contributed by atoms with van der Waals surface area (Å²) in [6, 6.07) is 16.5. The quantitative estimate of drug-likeness (QED) is 0.362. The van der Waals surface area contributed by atoms with Crippen molar-refractivity contribution in [3.63, 3.8) is 0 Å². The van der Waals surface area contributed by atoms with Crippen LogP contribution in [-0.2, 0) is 6.54 Å². The Kier molecular flexibility index (Phi) is 5.62. The van der Waals surface area contributed by atoms with Gasteiger partial charge in [-0.2, -0.15) is 4.98 Å². The number of aromatic nitrogens is 4. The summed E-state index contributed by atoms with van der Waals surface area (Å²) in [7, 11) is 0. The van der Waals surface area contributed by atoms with Gasteiger partial charge in [-0.1, -0.05) is 17.3 Å². The van der Waals surface area contributed by atoms with Crippen LogP contribution < -0.4 is 16.0 Å². The van der Waals surface area contributed by atoms with Crippen LogP contribution in [-0.4, -0.2) is 25.4 Å². The summed E-state index contributed by atoms with van der Waals surface area (Å²) in [4.78, 5) is 31.0. The molecular formula is C25H22N4O4S. The lowest BCUT2D eigenvalue weighted by molar-refractivity contribution is 0.242. The van der Waals surface area contributed by atoms with Gasteiger partial charge in [0.25, 0.3) is 5.56 Å². The summed E-state index contributed by atoms with van der Waals surface area (Å²) < 4.78 is 14.3.